The smallest absolute Gasteiger partial charge is 0.330 e. The molecule has 1 aromatic heterocycles. The largest absolute Gasteiger partial charge is 0.464 e. The second kappa shape index (κ2) is 5.70. The van der Waals surface area contributed by atoms with E-state index in [9.17, 15) is 14.4 Å². The zero-order chi connectivity index (χ0) is 13.8. The van der Waals surface area contributed by atoms with Crippen LogP contribution >= 0.6 is 0 Å². The fourth-order valence-corrected chi connectivity index (χ4v) is 2.00. The summed E-state index contributed by atoms with van der Waals surface area (Å²) in [5.74, 6) is -0.834. The quantitative estimate of drug-likeness (QED) is 0.589. The summed E-state index contributed by atoms with van der Waals surface area (Å²) in [5, 5.41) is 3.04. The van der Waals surface area contributed by atoms with Gasteiger partial charge >= 0.3 is 11.7 Å². The topological polar surface area (TPSA) is 107 Å². The molecule has 8 heteroatoms. The Labute approximate surface area is 109 Å². The lowest BCUT2D eigenvalue weighted by Gasteiger charge is -2.34. The first-order chi connectivity index (χ1) is 9.13. The molecule has 0 radical (unpaired) electrons. The average molecular weight is 268 g/mol. The van der Waals surface area contributed by atoms with Crippen molar-refractivity contribution in [3.63, 3.8) is 0 Å². The number of nitrogens with one attached hydrogen (secondary N) is 3. The summed E-state index contributed by atoms with van der Waals surface area (Å²) in [4.78, 5) is 41.2. The van der Waals surface area contributed by atoms with Crippen LogP contribution in [-0.2, 0) is 9.53 Å². The van der Waals surface area contributed by atoms with Crippen LogP contribution in [0.3, 0.4) is 0 Å². The normalized spacial score (nSPS) is 19.2. The van der Waals surface area contributed by atoms with Crippen molar-refractivity contribution in [2.75, 3.05) is 26.2 Å². The van der Waals surface area contributed by atoms with Gasteiger partial charge in [0.15, 0.2) is 0 Å². The van der Waals surface area contributed by atoms with Gasteiger partial charge in [0.25, 0.3) is 5.91 Å². The molecule has 0 aliphatic carbocycles. The van der Waals surface area contributed by atoms with Crippen LogP contribution in [0.4, 0.5) is 0 Å². The zero-order valence-corrected chi connectivity index (χ0v) is 10.6. The molecule has 1 atom stereocenters. The molecule has 1 saturated heterocycles. The van der Waals surface area contributed by atoms with Crippen LogP contribution in [0, 0.1) is 0 Å². The van der Waals surface area contributed by atoms with Crippen molar-refractivity contribution in [2.45, 2.75) is 13.0 Å². The minimum Gasteiger partial charge on any atom is -0.464 e. The lowest BCUT2D eigenvalue weighted by atomic mass is 10.2. The van der Waals surface area contributed by atoms with E-state index in [4.69, 9.17) is 4.74 Å². The molecule has 2 heterocycles. The van der Waals surface area contributed by atoms with Gasteiger partial charge in [0.1, 0.15) is 11.7 Å². The maximum absolute atomic E-state index is 12.2. The fourth-order valence-electron chi connectivity index (χ4n) is 2.00. The number of nitrogens with zero attached hydrogens (tertiary/aromatic N) is 1. The van der Waals surface area contributed by atoms with Gasteiger partial charge in [-0.3, -0.25) is 4.79 Å². The van der Waals surface area contributed by atoms with Gasteiger partial charge in [-0.25, -0.2) is 9.59 Å². The lowest BCUT2D eigenvalue weighted by Crippen LogP contribution is -2.57. The van der Waals surface area contributed by atoms with Crippen molar-refractivity contribution in [1.29, 1.82) is 0 Å². The molecule has 1 aliphatic rings. The summed E-state index contributed by atoms with van der Waals surface area (Å²) in [6.07, 6.45) is 1.30. The van der Waals surface area contributed by atoms with E-state index in [0.717, 1.165) is 0 Å². The predicted molar refractivity (Wildman–Crippen MR) is 65.7 cm³/mol. The van der Waals surface area contributed by atoms with Crippen LogP contribution < -0.4 is 11.0 Å². The molecule has 0 bridgehead atoms. The number of piperazine rings is 1. The number of hydrogen-bond acceptors (Lipinski definition) is 5. The zero-order valence-electron chi connectivity index (χ0n) is 10.6. The van der Waals surface area contributed by atoms with Crippen LogP contribution in [-0.4, -0.2) is 59.0 Å². The Kier molecular flexibility index (Phi) is 4.00. The number of imidazole rings is 1. The van der Waals surface area contributed by atoms with Crippen molar-refractivity contribution >= 4 is 11.9 Å². The molecule has 2 rings (SSSR count). The van der Waals surface area contributed by atoms with Crippen LogP contribution in [0.2, 0.25) is 0 Å². The van der Waals surface area contributed by atoms with Crippen molar-refractivity contribution in [3.05, 3.63) is 22.4 Å². The van der Waals surface area contributed by atoms with Crippen molar-refractivity contribution in [3.8, 4) is 0 Å². The summed E-state index contributed by atoms with van der Waals surface area (Å²) < 4.78 is 4.95. The van der Waals surface area contributed by atoms with E-state index < -0.39 is 23.6 Å². The summed E-state index contributed by atoms with van der Waals surface area (Å²) in [6.45, 7) is 3.30. The number of hydrogen-bond donors (Lipinski definition) is 3. The first kappa shape index (κ1) is 13.3. The standard InChI is InChI=1S/C11H16N4O4/c1-2-19-10(17)8-6-12-3-4-15(8)9(16)7-5-13-11(18)14-7/h5,8,12H,2-4,6H2,1H3,(H2,13,14,18). The average Bonchev–Trinajstić information content (AvgIpc) is 2.85. The molecule has 3 N–H and O–H groups in total. The van der Waals surface area contributed by atoms with Crippen molar-refractivity contribution in [1.82, 2.24) is 20.2 Å². The van der Waals surface area contributed by atoms with E-state index in [1.165, 1.54) is 11.1 Å². The van der Waals surface area contributed by atoms with Gasteiger partial charge in [0.05, 0.1) is 6.61 Å². The molecule has 0 saturated carbocycles. The highest BCUT2D eigenvalue weighted by atomic mass is 16.5. The van der Waals surface area contributed by atoms with E-state index >= 15 is 0 Å². The SMILES string of the molecule is CCOC(=O)C1CNCCN1C(=O)c1c[nH]c(=O)[nH]1. The monoisotopic (exact) mass is 268 g/mol. The van der Waals surface area contributed by atoms with Crippen LogP contribution in [0.25, 0.3) is 0 Å². The Morgan fingerprint density at radius 3 is 2.95 bits per heavy atom. The number of esters is 1. The maximum Gasteiger partial charge on any atom is 0.330 e. The number of amides is 1. The summed E-state index contributed by atoms with van der Waals surface area (Å²) in [5.41, 5.74) is -0.313. The van der Waals surface area contributed by atoms with E-state index in [1.807, 2.05) is 0 Å². The Morgan fingerprint density at radius 2 is 2.32 bits per heavy atom. The number of rotatable bonds is 3. The Bertz CT molecular complexity index is 521. The molecular formula is C11H16N4O4. The molecule has 0 spiro atoms. The van der Waals surface area contributed by atoms with Gasteiger partial charge in [0, 0.05) is 25.8 Å². The minimum absolute atomic E-state index is 0.140. The molecule has 1 aliphatic heterocycles. The Morgan fingerprint density at radius 1 is 1.53 bits per heavy atom. The molecule has 104 valence electrons. The first-order valence-electron chi connectivity index (χ1n) is 6.09. The number of aromatic amines is 2. The maximum atomic E-state index is 12.2. The highest BCUT2D eigenvalue weighted by Crippen LogP contribution is 2.09. The number of carbonyl (C=O) groups excluding carboxylic acids is 2. The molecule has 8 nitrogen and oxygen atoms in total. The molecule has 1 amide bonds. The fraction of sp³-hybridized carbons (Fsp3) is 0.545. The lowest BCUT2D eigenvalue weighted by molar-refractivity contribution is -0.149. The van der Waals surface area contributed by atoms with Gasteiger partial charge < -0.3 is 24.9 Å². The highest BCUT2D eigenvalue weighted by molar-refractivity contribution is 5.95. The van der Waals surface area contributed by atoms with E-state index in [0.29, 0.717) is 19.6 Å². The third-order valence-corrected chi connectivity index (χ3v) is 2.89. The van der Waals surface area contributed by atoms with Gasteiger partial charge in [-0.05, 0) is 6.92 Å². The molecule has 1 aromatic rings. The van der Waals surface area contributed by atoms with Crippen molar-refractivity contribution < 1.29 is 14.3 Å². The minimum atomic E-state index is -0.667. The Hall–Kier alpha value is -2.09. The van der Waals surface area contributed by atoms with E-state index in [2.05, 4.69) is 15.3 Å². The number of H-pyrrole nitrogens is 2. The molecule has 19 heavy (non-hydrogen) atoms. The van der Waals surface area contributed by atoms with Gasteiger partial charge in [-0.15, -0.1) is 0 Å². The predicted octanol–water partition coefficient (Wildman–Crippen LogP) is -1.32. The highest BCUT2D eigenvalue weighted by Gasteiger charge is 2.34. The van der Waals surface area contributed by atoms with Crippen molar-refractivity contribution in [2.24, 2.45) is 0 Å². The Balaban J connectivity index is 2.17. The van der Waals surface area contributed by atoms with Crippen LogP contribution in [0.15, 0.2) is 11.0 Å². The third-order valence-electron chi connectivity index (χ3n) is 2.89. The number of carbonyl (C=O) groups is 2. The number of aromatic nitrogens is 2. The van der Waals surface area contributed by atoms with Gasteiger partial charge in [0.2, 0.25) is 0 Å². The molecule has 1 fully saturated rings. The van der Waals surface area contributed by atoms with E-state index in [-0.39, 0.29) is 12.3 Å². The number of ether oxygens (including phenoxy) is 1. The van der Waals surface area contributed by atoms with E-state index in [1.54, 1.807) is 6.92 Å². The van der Waals surface area contributed by atoms with Crippen LogP contribution in [0.5, 0.6) is 0 Å². The second-order valence-electron chi connectivity index (χ2n) is 4.13. The van der Waals surface area contributed by atoms with Gasteiger partial charge in [-0.1, -0.05) is 0 Å². The van der Waals surface area contributed by atoms with Crippen LogP contribution in [0.1, 0.15) is 17.4 Å². The first-order valence-corrected chi connectivity index (χ1v) is 6.09. The second-order valence-corrected chi connectivity index (χ2v) is 4.13. The summed E-state index contributed by atoms with van der Waals surface area (Å²) in [7, 11) is 0. The summed E-state index contributed by atoms with van der Waals surface area (Å²) >= 11 is 0. The molecule has 1 unspecified atom stereocenters. The summed E-state index contributed by atoms with van der Waals surface area (Å²) in [6, 6.07) is -0.667. The molecule has 0 aromatic carbocycles. The molecular weight excluding hydrogens is 252 g/mol. The van der Waals surface area contributed by atoms with Gasteiger partial charge in [-0.2, -0.15) is 0 Å². The third kappa shape index (κ3) is 2.84.